The van der Waals surface area contributed by atoms with Crippen LogP contribution in [-0.4, -0.2) is 4.40 Å². The fourth-order valence-corrected chi connectivity index (χ4v) is 11.1. The number of fused-ring (bicyclic) bond motifs is 18. The molecular formula is C50H39N3S+2. The number of rotatable bonds is 0. The number of allylic oxidation sites excluding steroid dienone is 1. The minimum Gasteiger partial charge on any atom is -0.308 e. The fourth-order valence-electron chi connectivity index (χ4n) is 10.0. The smallest absolute Gasteiger partial charge is 0.218 e. The Balaban J connectivity index is 1.19. The monoisotopic (exact) mass is 713 g/mol. The molecule has 0 aliphatic carbocycles. The third-order valence-corrected chi connectivity index (χ3v) is 13.7. The standard InChI is InChI=1S/C50H39N3S/c1-50(2,3)31-20-23-51-21-11-17-34-32-12-4-5-13-33(32)42-18-8-9-22-52(42)44(34)24-30-25-45-39(27-38(30)43(51)26-31)36-15-10-16-37-40-28-41-35-14-6-7-19-47(35)54-48(41)29-46(40)53(45)49(36)37/h4-16,18-23,25-29,34,44H,17,24H2,1-3H3/q+2. The molecule has 0 radical (unpaired) electrons. The number of aromatic nitrogens is 3. The molecule has 2 atom stereocenters. The van der Waals surface area contributed by atoms with Gasteiger partial charge in [-0.05, 0) is 77.1 Å². The van der Waals surface area contributed by atoms with E-state index in [0.29, 0.717) is 5.92 Å². The summed E-state index contributed by atoms with van der Waals surface area (Å²) >= 11 is 1.91. The molecule has 5 aromatic heterocycles. The second-order valence-electron chi connectivity index (χ2n) is 16.6. The third kappa shape index (κ3) is 4.18. The van der Waals surface area contributed by atoms with Gasteiger partial charge in [-0.25, -0.2) is 0 Å². The summed E-state index contributed by atoms with van der Waals surface area (Å²) in [5, 5.41) is 8.02. The summed E-state index contributed by atoms with van der Waals surface area (Å²) in [5.74, 6) is 0.340. The molecule has 0 fully saturated rings. The lowest BCUT2D eigenvalue weighted by Gasteiger charge is -2.30. The molecule has 0 N–H and O–H groups in total. The van der Waals surface area contributed by atoms with E-state index in [2.05, 4.69) is 180 Å². The molecule has 0 bridgehead atoms. The third-order valence-electron chi connectivity index (χ3n) is 12.6. The Morgan fingerprint density at radius 3 is 2.30 bits per heavy atom. The van der Waals surface area contributed by atoms with Gasteiger partial charge in [0.15, 0.2) is 24.6 Å². The number of pyridine rings is 2. The molecular weight excluding hydrogens is 675 g/mol. The van der Waals surface area contributed by atoms with Gasteiger partial charge in [-0.3, -0.25) is 0 Å². The van der Waals surface area contributed by atoms with E-state index in [0.717, 1.165) is 12.8 Å². The van der Waals surface area contributed by atoms with Gasteiger partial charge in [0.1, 0.15) is 0 Å². The van der Waals surface area contributed by atoms with Crippen molar-refractivity contribution in [1.82, 2.24) is 4.40 Å². The topological polar surface area (TPSA) is 12.2 Å². The minimum atomic E-state index is 0.0270. The van der Waals surface area contributed by atoms with Crippen LogP contribution in [0.25, 0.3) is 87.0 Å². The normalized spacial score (nSPS) is 16.9. The van der Waals surface area contributed by atoms with Crippen molar-refractivity contribution in [1.29, 1.82) is 0 Å². The summed E-state index contributed by atoms with van der Waals surface area (Å²) in [7, 11) is 0. The van der Waals surface area contributed by atoms with Gasteiger partial charge in [-0.1, -0.05) is 75.4 Å². The SMILES string of the molecule is CC(C)(C)c1cc[n+]2c(c1)-c1cc3c4cccc5c6cc7c(cc6n(c3cc1CC1C(CC=C2)c2ccccc2-c2cccc[n+]21)c45)sc1ccccc17. The molecule has 0 saturated heterocycles. The predicted octanol–water partition coefficient (Wildman–Crippen LogP) is 12.2. The molecule has 0 amide bonds. The number of thiophene rings is 1. The molecule has 0 saturated carbocycles. The Labute approximate surface area is 318 Å². The highest BCUT2D eigenvalue weighted by atomic mass is 32.1. The Morgan fingerprint density at radius 2 is 1.41 bits per heavy atom. The lowest BCUT2D eigenvalue weighted by Crippen LogP contribution is -2.48. The van der Waals surface area contributed by atoms with E-state index in [1.165, 1.54) is 97.5 Å². The van der Waals surface area contributed by atoms with Crippen molar-refractivity contribution in [2.75, 3.05) is 0 Å². The van der Waals surface area contributed by atoms with Gasteiger partial charge in [-0.15, -0.1) is 11.3 Å². The summed E-state index contributed by atoms with van der Waals surface area (Å²) in [5.41, 5.74) is 13.4. The van der Waals surface area contributed by atoms with Crippen LogP contribution in [-0.2, 0) is 11.8 Å². The van der Waals surface area contributed by atoms with Gasteiger partial charge in [0.05, 0.1) is 28.0 Å². The molecule has 54 heavy (non-hydrogen) atoms. The lowest BCUT2D eigenvalue weighted by molar-refractivity contribution is -0.718. The Hall–Kier alpha value is -5.84. The van der Waals surface area contributed by atoms with Gasteiger partial charge >= 0.3 is 0 Å². The van der Waals surface area contributed by atoms with Crippen molar-refractivity contribution < 1.29 is 9.13 Å². The van der Waals surface area contributed by atoms with Crippen LogP contribution >= 0.6 is 11.3 Å². The second kappa shape index (κ2) is 10.9. The number of benzene rings is 5. The van der Waals surface area contributed by atoms with Crippen LogP contribution in [0.3, 0.4) is 0 Å². The van der Waals surface area contributed by atoms with Crippen molar-refractivity contribution in [3.63, 3.8) is 0 Å². The largest absolute Gasteiger partial charge is 0.308 e. The van der Waals surface area contributed by atoms with Gasteiger partial charge in [-0.2, -0.15) is 9.13 Å². The van der Waals surface area contributed by atoms with Crippen molar-refractivity contribution in [2.24, 2.45) is 0 Å². The molecule has 0 spiro atoms. The number of hydrogen-bond donors (Lipinski definition) is 0. The molecule has 2 aliphatic rings. The Kier molecular flexibility index (Phi) is 6.16. The summed E-state index contributed by atoms with van der Waals surface area (Å²) in [6.45, 7) is 6.97. The first-order valence-corrected chi connectivity index (χ1v) is 20.1. The minimum absolute atomic E-state index is 0.0270. The molecule has 7 heterocycles. The quantitative estimate of drug-likeness (QED) is 0.139. The molecule has 258 valence electrons. The molecule has 4 heteroatoms. The van der Waals surface area contributed by atoms with Crippen LogP contribution in [0.1, 0.15) is 55.8 Å². The van der Waals surface area contributed by atoms with Crippen molar-refractivity contribution in [3.8, 4) is 22.5 Å². The van der Waals surface area contributed by atoms with Crippen LogP contribution < -0.4 is 9.13 Å². The van der Waals surface area contributed by atoms with Crippen molar-refractivity contribution in [2.45, 2.75) is 51.0 Å². The zero-order valence-electron chi connectivity index (χ0n) is 30.7. The number of para-hydroxylation sites is 1. The Bertz CT molecular complexity index is 3220. The highest BCUT2D eigenvalue weighted by Gasteiger charge is 2.40. The maximum absolute atomic E-state index is 2.59. The lowest BCUT2D eigenvalue weighted by atomic mass is 9.77. The van der Waals surface area contributed by atoms with Crippen molar-refractivity contribution >= 4 is 75.8 Å². The van der Waals surface area contributed by atoms with Crippen LogP contribution in [0.15, 0.2) is 140 Å². The van der Waals surface area contributed by atoms with E-state index in [-0.39, 0.29) is 11.5 Å². The van der Waals surface area contributed by atoms with Gasteiger partial charge < -0.3 is 4.40 Å². The number of nitrogens with zero attached hydrogens (tertiary/aromatic N) is 3. The van der Waals surface area contributed by atoms with E-state index in [9.17, 15) is 0 Å². The van der Waals surface area contributed by atoms with E-state index in [1.54, 1.807) is 0 Å². The van der Waals surface area contributed by atoms with E-state index in [1.807, 2.05) is 11.3 Å². The average molecular weight is 714 g/mol. The van der Waals surface area contributed by atoms with E-state index in [4.69, 9.17) is 0 Å². The highest BCUT2D eigenvalue weighted by molar-refractivity contribution is 7.25. The van der Waals surface area contributed by atoms with Crippen LogP contribution in [0, 0.1) is 0 Å². The summed E-state index contributed by atoms with van der Waals surface area (Å²) in [4.78, 5) is 0. The predicted molar refractivity (Wildman–Crippen MR) is 226 cm³/mol. The van der Waals surface area contributed by atoms with E-state index >= 15 is 0 Å². The van der Waals surface area contributed by atoms with Gasteiger partial charge in [0, 0.05) is 78.0 Å². The molecule has 5 aromatic carbocycles. The van der Waals surface area contributed by atoms with Gasteiger partial charge in [0.2, 0.25) is 11.4 Å². The molecule has 2 aliphatic heterocycles. The summed E-state index contributed by atoms with van der Waals surface area (Å²) in [6.07, 6.45) is 11.2. The summed E-state index contributed by atoms with van der Waals surface area (Å²) in [6, 6.07) is 46.7. The Morgan fingerprint density at radius 1 is 0.630 bits per heavy atom. The zero-order valence-corrected chi connectivity index (χ0v) is 31.5. The van der Waals surface area contributed by atoms with Crippen molar-refractivity contribution in [3.05, 3.63) is 156 Å². The first kappa shape index (κ1) is 30.6. The molecule has 2 unspecified atom stereocenters. The van der Waals surface area contributed by atoms with Crippen LogP contribution in [0.2, 0.25) is 0 Å². The maximum Gasteiger partial charge on any atom is 0.218 e. The summed E-state index contributed by atoms with van der Waals surface area (Å²) < 4.78 is 10.2. The number of hydrogen-bond acceptors (Lipinski definition) is 1. The van der Waals surface area contributed by atoms with Gasteiger partial charge in [0.25, 0.3) is 0 Å². The average Bonchev–Trinajstić information content (AvgIpc) is 3.83. The first-order chi connectivity index (χ1) is 26.4. The first-order valence-electron chi connectivity index (χ1n) is 19.3. The maximum atomic E-state index is 2.59. The molecule has 12 rings (SSSR count). The fraction of sp³-hybridized carbons (Fsp3) is 0.160. The van der Waals surface area contributed by atoms with E-state index < -0.39 is 0 Å². The second-order valence-corrected chi connectivity index (χ2v) is 17.6. The molecule has 10 aromatic rings. The highest BCUT2D eigenvalue weighted by Crippen LogP contribution is 2.47. The molecule has 3 nitrogen and oxygen atoms in total. The van der Waals surface area contributed by atoms with Crippen LogP contribution in [0.5, 0.6) is 0 Å². The van der Waals surface area contributed by atoms with Crippen LogP contribution in [0.4, 0.5) is 0 Å². The zero-order chi connectivity index (χ0) is 35.9.